The molecule has 0 radical (unpaired) electrons. The number of hydrogen-bond acceptors (Lipinski definition) is 3. The van der Waals surface area contributed by atoms with Crippen LogP contribution in [0.3, 0.4) is 0 Å². The van der Waals surface area contributed by atoms with E-state index in [0.29, 0.717) is 23.7 Å². The molecular formula is C18H16ClN3O. The summed E-state index contributed by atoms with van der Waals surface area (Å²) in [4.78, 5) is 13.9. The second-order valence-corrected chi connectivity index (χ2v) is 5.97. The summed E-state index contributed by atoms with van der Waals surface area (Å²) in [7, 11) is 0. The molecule has 1 aliphatic rings. The van der Waals surface area contributed by atoms with E-state index in [2.05, 4.69) is 11.5 Å². The molecule has 116 valence electrons. The third kappa shape index (κ3) is 3.46. The third-order valence-electron chi connectivity index (χ3n) is 4.00. The van der Waals surface area contributed by atoms with E-state index in [-0.39, 0.29) is 11.9 Å². The largest absolute Gasteiger partial charge is 0.347 e. The first kappa shape index (κ1) is 15.4. The van der Waals surface area contributed by atoms with E-state index in [1.807, 2.05) is 36.4 Å². The fourth-order valence-corrected chi connectivity index (χ4v) is 2.98. The summed E-state index contributed by atoms with van der Waals surface area (Å²) in [5, 5.41) is 12.5. The number of nitrogens with zero attached hydrogens (tertiary/aromatic N) is 2. The Kier molecular flexibility index (Phi) is 4.50. The topological polar surface area (TPSA) is 56.1 Å². The molecule has 2 aromatic rings. The predicted octanol–water partition coefficient (Wildman–Crippen LogP) is 3.29. The second-order valence-electron chi connectivity index (χ2n) is 5.56. The number of halogens is 1. The molecule has 1 fully saturated rings. The van der Waals surface area contributed by atoms with Crippen molar-refractivity contribution in [2.24, 2.45) is 0 Å². The minimum absolute atomic E-state index is 0.0328. The van der Waals surface area contributed by atoms with E-state index in [1.165, 1.54) is 0 Å². The Labute approximate surface area is 140 Å². The van der Waals surface area contributed by atoms with E-state index in [4.69, 9.17) is 16.9 Å². The lowest BCUT2D eigenvalue weighted by atomic mass is 10.0. The number of likely N-dealkylation sites (tertiary alicyclic amines) is 1. The summed E-state index contributed by atoms with van der Waals surface area (Å²) >= 11 is 6.19. The third-order valence-corrected chi connectivity index (χ3v) is 4.33. The van der Waals surface area contributed by atoms with E-state index in [9.17, 15) is 4.79 Å². The van der Waals surface area contributed by atoms with Gasteiger partial charge in [-0.15, -0.1) is 0 Å². The van der Waals surface area contributed by atoms with Crippen molar-refractivity contribution in [1.82, 2.24) is 10.2 Å². The van der Waals surface area contributed by atoms with Crippen LogP contribution in [0.2, 0.25) is 5.02 Å². The van der Waals surface area contributed by atoms with E-state index in [1.54, 1.807) is 17.0 Å². The number of amides is 1. The van der Waals surface area contributed by atoms with Gasteiger partial charge in [0.25, 0.3) is 5.91 Å². The number of nitriles is 1. The van der Waals surface area contributed by atoms with Gasteiger partial charge in [0.05, 0.1) is 0 Å². The summed E-state index contributed by atoms with van der Waals surface area (Å²) in [6.45, 7) is 1.28. The smallest absolute Gasteiger partial charge is 0.251 e. The van der Waals surface area contributed by atoms with Gasteiger partial charge in [-0.05, 0) is 30.2 Å². The molecule has 3 rings (SSSR count). The number of carbonyl (C=O) groups excluding carboxylic acids is 1. The van der Waals surface area contributed by atoms with Crippen LogP contribution in [0.4, 0.5) is 0 Å². The molecular weight excluding hydrogens is 310 g/mol. The van der Waals surface area contributed by atoms with Crippen molar-refractivity contribution in [3.63, 3.8) is 0 Å². The highest BCUT2D eigenvalue weighted by atomic mass is 35.5. The average molecular weight is 326 g/mol. The molecule has 1 amide bonds. The van der Waals surface area contributed by atoms with Crippen LogP contribution < -0.4 is 5.32 Å². The number of rotatable bonds is 3. The number of benzene rings is 2. The van der Waals surface area contributed by atoms with Crippen molar-refractivity contribution in [1.29, 1.82) is 5.26 Å². The molecule has 0 saturated carbocycles. The molecule has 1 N–H and O–H groups in total. The first-order valence-electron chi connectivity index (χ1n) is 7.48. The molecule has 5 heteroatoms. The van der Waals surface area contributed by atoms with Crippen molar-refractivity contribution in [3.05, 3.63) is 59.1 Å². The molecule has 23 heavy (non-hydrogen) atoms. The van der Waals surface area contributed by atoms with Crippen molar-refractivity contribution >= 4 is 17.5 Å². The van der Waals surface area contributed by atoms with Crippen LogP contribution in [-0.4, -0.2) is 29.9 Å². The van der Waals surface area contributed by atoms with E-state index < -0.39 is 0 Å². The maximum Gasteiger partial charge on any atom is 0.251 e. The van der Waals surface area contributed by atoms with Crippen molar-refractivity contribution in [3.8, 4) is 17.3 Å². The molecule has 1 saturated heterocycles. The van der Waals surface area contributed by atoms with Crippen LogP contribution in [0.25, 0.3) is 11.1 Å². The number of carbonyl (C=O) groups is 1. The van der Waals surface area contributed by atoms with Crippen LogP contribution in [0.5, 0.6) is 0 Å². The first-order valence-corrected chi connectivity index (χ1v) is 7.85. The minimum Gasteiger partial charge on any atom is -0.347 e. The van der Waals surface area contributed by atoms with Gasteiger partial charge in [0.2, 0.25) is 0 Å². The molecule has 0 aromatic heterocycles. The molecule has 0 bridgehead atoms. The highest BCUT2D eigenvalue weighted by Crippen LogP contribution is 2.27. The molecule has 0 spiro atoms. The van der Waals surface area contributed by atoms with Crippen molar-refractivity contribution in [2.75, 3.05) is 13.1 Å². The summed E-state index contributed by atoms with van der Waals surface area (Å²) in [5.74, 6) is -0.111. The minimum atomic E-state index is -0.111. The highest BCUT2D eigenvalue weighted by molar-refractivity contribution is 6.33. The van der Waals surface area contributed by atoms with Crippen molar-refractivity contribution < 1.29 is 4.79 Å². The molecule has 4 nitrogen and oxygen atoms in total. The number of nitrogens with one attached hydrogen (secondary N) is 1. The second kappa shape index (κ2) is 6.72. The lowest BCUT2D eigenvalue weighted by molar-refractivity contribution is 0.0939. The molecule has 1 atom stereocenters. The van der Waals surface area contributed by atoms with Gasteiger partial charge in [-0.1, -0.05) is 41.9 Å². The standard InChI is InChI=1S/C18H16ClN3O/c19-17-4-2-1-3-16(17)13-5-7-14(8-6-13)18(23)21-15-9-10-22(11-15)12-20/h1-8,15H,9-11H2,(H,21,23). The van der Waals surface area contributed by atoms with Gasteiger partial charge < -0.3 is 10.2 Å². The van der Waals surface area contributed by atoms with Gasteiger partial charge in [-0.3, -0.25) is 4.79 Å². The van der Waals surface area contributed by atoms with Gasteiger partial charge in [-0.2, -0.15) is 5.26 Å². The number of hydrogen-bond donors (Lipinski definition) is 1. The Morgan fingerprint density at radius 3 is 2.61 bits per heavy atom. The Balaban J connectivity index is 1.69. The van der Waals surface area contributed by atoms with Crippen LogP contribution >= 0.6 is 11.6 Å². The normalized spacial score (nSPS) is 16.9. The zero-order chi connectivity index (χ0) is 16.2. The zero-order valence-electron chi connectivity index (χ0n) is 12.5. The van der Waals surface area contributed by atoms with Gasteiger partial charge in [0.1, 0.15) is 0 Å². The highest BCUT2D eigenvalue weighted by Gasteiger charge is 2.23. The monoisotopic (exact) mass is 325 g/mol. The molecule has 0 aliphatic carbocycles. The lowest BCUT2D eigenvalue weighted by Gasteiger charge is -2.12. The van der Waals surface area contributed by atoms with Crippen LogP contribution in [0.15, 0.2) is 48.5 Å². The molecule has 1 aliphatic heterocycles. The van der Waals surface area contributed by atoms with Gasteiger partial charge in [-0.25, -0.2) is 0 Å². The fraction of sp³-hybridized carbons (Fsp3) is 0.222. The quantitative estimate of drug-likeness (QED) is 0.881. The Bertz CT molecular complexity index is 752. The summed E-state index contributed by atoms with van der Waals surface area (Å²) in [5.41, 5.74) is 2.53. The van der Waals surface area contributed by atoms with Crippen molar-refractivity contribution in [2.45, 2.75) is 12.5 Å². The Morgan fingerprint density at radius 2 is 1.96 bits per heavy atom. The fourth-order valence-electron chi connectivity index (χ4n) is 2.73. The first-order chi connectivity index (χ1) is 11.2. The van der Waals surface area contributed by atoms with Crippen LogP contribution in [0, 0.1) is 11.5 Å². The van der Waals surface area contributed by atoms with Gasteiger partial charge in [0, 0.05) is 35.3 Å². The predicted molar refractivity (Wildman–Crippen MR) is 89.9 cm³/mol. The van der Waals surface area contributed by atoms with Crippen LogP contribution in [0.1, 0.15) is 16.8 Å². The molecule has 1 heterocycles. The SMILES string of the molecule is N#CN1CCC(NC(=O)c2ccc(-c3ccccc3Cl)cc2)C1. The summed E-state index contributed by atoms with van der Waals surface area (Å²) < 4.78 is 0. The molecule has 2 aromatic carbocycles. The maximum absolute atomic E-state index is 12.3. The van der Waals surface area contributed by atoms with E-state index in [0.717, 1.165) is 17.5 Å². The zero-order valence-corrected chi connectivity index (χ0v) is 13.3. The Morgan fingerprint density at radius 1 is 1.22 bits per heavy atom. The Hall–Kier alpha value is -2.51. The molecule has 1 unspecified atom stereocenters. The van der Waals surface area contributed by atoms with Gasteiger partial charge in [0.15, 0.2) is 6.19 Å². The van der Waals surface area contributed by atoms with Crippen LogP contribution in [-0.2, 0) is 0 Å². The maximum atomic E-state index is 12.3. The summed E-state index contributed by atoms with van der Waals surface area (Å²) in [6.07, 6.45) is 2.91. The van der Waals surface area contributed by atoms with E-state index >= 15 is 0 Å². The average Bonchev–Trinajstić information content (AvgIpc) is 3.03. The summed E-state index contributed by atoms with van der Waals surface area (Å²) in [6, 6.07) is 15.0. The van der Waals surface area contributed by atoms with Gasteiger partial charge >= 0.3 is 0 Å². The lowest BCUT2D eigenvalue weighted by Crippen LogP contribution is -2.36.